The van der Waals surface area contributed by atoms with Gasteiger partial charge in [-0.25, -0.2) is 4.79 Å². The number of benzene rings is 3. The summed E-state index contributed by atoms with van der Waals surface area (Å²) >= 11 is 0. The lowest BCUT2D eigenvalue weighted by molar-refractivity contribution is 0.100. The van der Waals surface area contributed by atoms with Gasteiger partial charge in [-0.3, -0.25) is 9.69 Å². The molecule has 0 radical (unpaired) electrons. The number of nitrogen functional groups attached to an aromatic ring is 1. The minimum absolute atomic E-state index is 0.119. The van der Waals surface area contributed by atoms with Gasteiger partial charge in [-0.05, 0) is 54.8 Å². The summed E-state index contributed by atoms with van der Waals surface area (Å²) in [6, 6.07) is 24.8. The Hall–Kier alpha value is -4.00. The Balaban J connectivity index is 1.34. The Morgan fingerprint density at radius 2 is 1.70 bits per heavy atom. The number of amides is 2. The first-order valence-corrected chi connectivity index (χ1v) is 11.0. The van der Waals surface area contributed by atoms with E-state index in [2.05, 4.69) is 22.3 Å². The lowest BCUT2D eigenvalue weighted by Crippen LogP contribution is -2.57. The fraction of sp³-hybridized carbons (Fsp3) is 0.231. The van der Waals surface area contributed by atoms with Crippen LogP contribution in [0.5, 0.6) is 0 Å². The Kier molecular flexibility index (Phi) is 5.17. The van der Waals surface area contributed by atoms with Crippen molar-refractivity contribution in [3.63, 3.8) is 0 Å². The SMILES string of the molecule is Nc1ccccc1NC(=O)c1ccc(N2CC3(Cc4ccccc4)CC2CN3C(=O)O)cc1. The van der Waals surface area contributed by atoms with Crippen LogP contribution < -0.4 is 16.0 Å². The highest BCUT2D eigenvalue weighted by molar-refractivity contribution is 6.05. The normalized spacial score (nSPS) is 21.3. The number of likely N-dealkylation sites (tertiary alicyclic amines) is 1. The van der Waals surface area contributed by atoms with E-state index in [1.807, 2.05) is 42.5 Å². The van der Waals surface area contributed by atoms with Crippen molar-refractivity contribution < 1.29 is 14.7 Å². The summed E-state index contributed by atoms with van der Waals surface area (Å²) in [5.41, 5.74) is 9.25. The van der Waals surface area contributed by atoms with Crippen molar-refractivity contribution in [2.45, 2.75) is 24.4 Å². The predicted molar refractivity (Wildman–Crippen MR) is 129 cm³/mol. The number of hydrogen-bond donors (Lipinski definition) is 3. The molecule has 5 rings (SSSR count). The average molecular weight is 443 g/mol. The number of para-hydroxylation sites is 2. The van der Waals surface area contributed by atoms with E-state index in [9.17, 15) is 14.7 Å². The number of nitrogens with zero attached hydrogens (tertiary/aromatic N) is 2. The molecule has 0 spiro atoms. The van der Waals surface area contributed by atoms with E-state index < -0.39 is 11.6 Å². The van der Waals surface area contributed by atoms with Crippen LogP contribution in [0.25, 0.3) is 0 Å². The second kappa shape index (κ2) is 8.16. The van der Waals surface area contributed by atoms with Crippen LogP contribution in [-0.4, -0.2) is 46.7 Å². The van der Waals surface area contributed by atoms with E-state index >= 15 is 0 Å². The van der Waals surface area contributed by atoms with Crippen molar-refractivity contribution in [2.75, 3.05) is 29.0 Å². The molecule has 33 heavy (non-hydrogen) atoms. The molecule has 4 N–H and O–H groups in total. The molecular weight excluding hydrogens is 416 g/mol. The van der Waals surface area contributed by atoms with Crippen LogP contribution >= 0.6 is 0 Å². The first kappa shape index (κ1) is 20.9. The lowest BCUT2D eigenvalue weighted by Gasteiger charge is -2.41. The third-order valence-corrected chi connectivity index (χ3v) is 6.76. The van der Waals surface area contributed by atoms with Crippen LogP contribution in [-0.2, 0) is 6.42 Å². The van der Waals surface area contributed by atoms with Gasteiger partial charge in [0.1, 0.15) is 0 Å². The maximum atomic E-state index is 12.6. The summed E-state index contributed by atoms with van der Waals surface area (Å²) in [6.07, 6.45) is 0.621. The quantitative estimate of drug-likeness (QED) is 0.517. The zero-order valence-electron chi connectivity index (χ0n) is 18.1. The van der Waals surface area contributed by atoms with Gasteiger partial charge in [0.25, 0.3) is 5.91 Å². The Morgan fingerprint density at radius 3 is 2.39 bits per heavy atom. The Morgan fingerprint density at radius 1 is 1.00 bits per heavy atom. The van der Waals surface area contributed by atoms with Gasteiger partial charge >= 0.3 is 6.09 Å². The number of nitrogens with two attached hydrogens (primary N) is 1. The minimum Gasteiger partial charge on any atom is -0.465 e. The molecule has 2 fully saturated rings. The monoisotopic (exact) mass is 442 g/mol. The van der Waals surface area contributed by atoms with Gasteiger partial charge in [-0.15, -0.1) is 0 Å². The highest BCUT2D eigenvalue weighted by Gasteiger charge is 2.56. The van der Waals surface area contributed by atoms with Crippen LogP contribution in [0, 0.1) is 0 Å². The highest BCUT2D eigenvalue weighted by atomic mass is 16.4. The van der Waals surface area contributed by atoms with Crippen LogP contribution in [0.4, 0.5) is 21.9 Å². The molecule has 2 bridgehead atoms. The smallest absolute Gasteiger partial charge is 0.407 e. The number of fused-ring (bicyclic) bond motifs is 2. The van der Waals surface area contributed by atoms with Gasteiger partial charge in [-0.1, -0.05) is 42.5 Å². The van der Waals surface area contributed by atoms with Crippen LogP contribution in [0.2, 0.25) is 0 Å². The van der Waals surface area contributed by atoms with Crippen molar-refractivity contribution in [1.82, 2.24) is 4.90 Å². The zero-order valence-corrected chi connectivity index (χ0v) is 18.1. The first-order chi connectivity index (χ1) is 15.9. The molecule has 2 saturated heterocycles. The summed E-state index contributed by atoms with van der Waals surface area (Å²) in [5.74, 6) is -0.222. The second-order valence-corrected chi connectivity index (χ2v) is 8.85. The number of rotatable bonds is 5. The number of piperazine rings is 1. The molecule has 168 valence electrons. The third-order valence-electron chi connectivity index (χ3n) is 6.76. The molecule has 2 aliphatic heterocycles. The summed E-state index contributed by atoms with van der Waals surface area (Å²) in [6.45, 7) is 1.11. The van der Waals surface area contributed by atoms with Gasteiger partial charge < -0.3 is 21.1 Å². The van der Waals surface area contributed by atoms with Gasteiger partial charge in [0.15, 0.2) is 0 Å². The maximum Gasteiger partial charge on any atom is 0.407 e. The predicted octanol–water partition coefficient (Wildman–Crippen LogP) is 4.07. The van der Waals surface area contributed by atoms with Crippen molar-refractivity contribution in [2.24, 2.45) is 0 Å². The molecule has 0 aromatic heterocycles. The molecule has 2 atom stereocenters. The van der Waals surface area contributed by atoms with Crippen LogP contribution in [0.15, 0.2) is 78.9 Å². The van der Waals surface area contributed by atoms with Crippen molar-refractivity contribution in [3.05, 3.63) is 90.0 Å². The zero-order chi connectivity index (χ0) is 23.0. The fourth-order valence-corrected chi connectivity index (χ4v) is 5.21. The third kappa shape index (κ3) is 3.86. The Labute approximate surface area is 192 Å². The molecule has 2 unspecified atom stereocenters. The van der Waals surface area contributed by atoms with E-state index in [4.69, 9.17) is 5.73 Å². The highest BCUT2D eigenvalue weighted by Crippen LogP contribution is 2.44. The topological polar surface area (TPSA) is 98.9 Å². The lowest BCUT2D eigenvalue weighted by atomic mass is 9.90. The number of anilines is 3. The summed E-state index contributed by atoms with van der Waals surface area (Å²) in [4.78, 5) is 28.5. The number of carbonyl (C=O) groups is 2. The van der Waals surface area contributed by atoms with Crippen LogP contribution in [0.3, 0.4) is 0 Å². The van der Waals surface area contributed by atoms with Gasteiger partial charge in [0.2, 0.25) is 0 Å². The summed E-state index contributed by atoms with van der Waals surface area (Å²) in [7, 11) is 0. The molecular formula is C26H26N4O3. The molecule has 7 heteroatoms. The van der Waals surface area contributed by atoms with Gasteiger partial charge in [-0.2, -0.15) is 0 Å². The number of carboxylic acid groups (broad SMARTS) is 1. The number of nitrogens with one attached hydrogen (secondary N) is 1. The van der Waals surface area contributed by atoms with Crippen molar-refractivity contribution in [1.29, 1.82) is 0 Å². The molecule has 2 heterocycles. The molecule has 3 aromatic rings. The molecule has 0 saturated carbocycles. The molecule has 3 aromatic carbocycles. The summed E-state index contributed by atoms with van der Waals surface area (Å²) < 4.78 is 0. The molecule has 2 amide bonds. The fourth-order valence-electron chi connectivity index (χ4n) is 5.21. The van der Waals surface area contributed by atoms with E-state index in [1.54, 1.807) is 29.2 Å². The van der Waals surface area contributed by atoms with Crippen LogP contribution in [0.1, 0.15) is 22.3 Å². The standard InChI is InChI=1S/C26H26N4O3/c27-22-8-4-5-9-23(22)28-24(31)19-10-12-20(13-11-19)29-17-26(14-18-6-2-1-3-7-18)15-21(29)16-30(26)25(32)33/h1-13,21H,14-17,27H2,(H,28,31)(H,32,33). The number of hydrogen-bond acceptors (Lipinski definition) is 4. The van der Waals surface area contributed by atoms with E-state index in [-0.39, 0.29) is 11.9 Å². The van der Waals surface area contributed by atoms with E-state index in [0.717, 1.165) is 17.7 Å². The molecule has 0 aliphatic carbocycles. The minimum atomic E-state index is -0.861. The van der Waals surface area contributed by atoms with Crippen molar-refractivity contribution >= 4 is 29.1 Å². The average Bonchev–Trinajstić information content (AvgIpc) is 3.37. The van der Waals surface area contributed by atoms with E-state index in [1.165, 1.54) is 0 Å². The second-order valence-electron chi connectivity index (χ2n) is 8.85. The van der Waals surface area contributed by atoms with E-state index in [0.29, 0.717) is 36.4 Å². The first-order valence-electron chi connectivity index (χ1n) is 11.0. The van der Waals surface area contributed by atoms with Crippen molar-refractivity contribution in [3.8, 4) is 0 Å². The van der Waals surface area contributed by atoms with Gasteiger partial charge in [0, 0.05) is 30.4 Å². The largest absolute Gasteiger partial charge is 0.465 e. The summed E-state index contributed by atoms with van der Waals surface area (Å²) in [5, 5.41) is 12.7. The van der Waals surface area contributed by atoms with Gasteiger partial charge in [0.05, 0.1) is 16.9 Å². The Bertz CT molecular complexity index is 1180. The maximum absolute atomic E-state index is 12.6. The molecule has 7 nitrogen and oxygen atoms in total. The number of carbonyl (C=O) groups excluding carboxylic acids is 1. The molecule has 2 aliphatic rings.